The van der Waals surface area contributed by atoms with E-state index in [-0.39, 0.29) is 24.4 Å². The van der Waals surface area contributed by atoms with Crippen molar-refractivity contribution in [2.45, 2.75) is 6.42 Å². The van der Waals surface area contributed by atoms with Gasteiger partial charge in [0.25, 0.3) is 5.56 Å². The molecule has 2 aromatic heterocycles. The van der Waals surface area contributed by atoms with Crippen LogP contribution in [0.1, 0.15) is 15.4 Å². The van der Waals surface area contributed by atoms with E-state index < -0.39 is 5.97 Å². The quantitative estimate of drug-likeness (QED) is 0.556. The van der Waals surface area contributed by atoms with E-state index in [9.17, 15) is 14.4 Å². The highest BCUT2D eigenvalue weighted by atomic mass is 35.5. The Hall–Kier alpha value is -2.51. The van der Waals surface area contributed by atoms with Crippen molar-refractivity contribution in [3.05, 3.63) is 61.7 Å². The number of halogens is 1. The topological polar surface area (TPSA) is 89.1 Å². The number of hydrogen-bond acceptors (Lipinski definition) is 6. The van der Waals surface area contributed by atoms with Gasteiger partial charge in [0.2, 0.25) is 5.78 Å². The highest BCUT2D eigenvalue weighted by molar-refractivity contribution is 7.18. The largest absolute Gasteiger partial charge is 0.457 e. The molecule has 122 valence electrons. The Kier molecular flexibility index (Phi) is 4.73. The molecule has 0 bridgehead atoms. The maximum atomic E-state index is 12.0. The molecule has 0 atom stereocenters. The minimum atomic E-state index is -0.601. The lowest BCUT2D eigenvalue weighted by Gasteiger charge is -2.05. The molecule has 0 aliphatic rings. The Morgan fingerprint density at radius 1 is 1.17 bits per heavy atom. The number of carbonyl (C=O) groups is 2. The Labute approximate surface area is 145 Å². The van der Waals surface area contributed by atoms with Gasteiger partial charge in [-0.2, -0.15) is 5.10 Å². The second-order valence-corrected chi connectivity index (χ2v) is 6.62. The first-order valence-corrected chi connectivity index (χ1v) is 8.14. The van der Waals surface area contributed by atoms with Crippen LogP contribution in [0.4, 0.5) is 0 Å². The van der Waals surface area contributed by atoms with Gasteiger partial charge < -0.3 is 4.74 Å². The monoisotopic (exact) mass is 362 g/mol. The van der Waals surface area contributed by atoms with Gasteiger partial charge in [0.05, 0.1) is 26.7 Å². The summed E-state index contributed by atoms with van der Waals surface area (Å²) in [5.74, 6) is -0.921. The number of H-pyrrole nitrogens is 1. The van der Waals surface area contributed by atoms with Gasteiger partial charge in [-0.05, 0) is 18.2 Å². The lowest BCUT2D eigenvalue weighted by atomic mass is 10.1. The molecule has 24 heavy (non-hydrogen) atoms. The van der Waals surface area contributed by atoms with E-state index in [0.717, 1.165) is 11.3 Å². The Balaban J connectivity index is 1.68. The minimum Gasteiger partial charge on any atom is -0.457 e. The number of thiophene rings is 1. The zero-order chi connectivity index (χ0) is 17.1. The predicted molar refractivity (Wildman–Crippen MR) is 90.7 cm³/mol. The van der Waals surface area contributed by atoms with E-state index in [1.54, 1.807) is 36.4 Å². The van der Waals surface area contributed by atoms with Crippen LogP contribution in [-0.2, 0) is 16.0 Å². The van der Waals surface area contributed by atoms with E-state index in [1.165, 1.54) is 0 Å². The zero-order valence-electron chi connectivity index (χ0n) is 12.2. The number of Topliss-reactive ketones (excluding diaryl/α,β-unsaturated/α-hetero) is 1. The normalized spacial score (nSPS) is 10.7. The Morgan fingerprint density at radius 3 is 2.62 bits per heavy atom. The number of fused-ring (bicyclic) bond motifs is 1. The third-order valence-corrected chi connectivity index (χ3v) is 4.57. The number of nitrogens with one attached hydrogen (secondary N) is 1. The summed E-state index contributed by atoms with van der Waals surface area (Å²) < 4.78 is 5.49. The number of hydrogen-bond donors (Lipinski definition) is 1. The van der Waals surface area contributed by atoms with Crippen molar-refractivity contribution in [1.29, 1.82) is 0 Å². The van der Waals surface area contributed by atoms with Crippen LogP contribution in [-0.4, -0.2) is 28.6 Å². The van der Waals surface area contributed by atoms with Crippen molar-refractivity contribution in [3.63, 3.8) is 0 Å². The van der Waals surface area contributed by atoms with Gasteiger partial charge in [-0.1, -0.05) is 29.8 Å². The summed E-state index contributed by atoms with van der Waals surface area (Å²) in [6.07, 6.45) is -0.143. The first-order chi connectivity index (χ1) is 11.5. The number of nitrogens with zero attached hydrogens (tertiary/aromatic N) is 1. The smallest absolute Gasteiger partial charge is 0.312 e. The first kappa shape index (κ1) is 16.4. The van der Waals surface area contributed by atoms with E-state index in [2.05, 4.69) is 10.2 Å². The minimum absolute atomic E-state index is 0.143. The van der Waals surface area contributed by atoms with Crippen molar-refractivity contribution in [1.82, 2.24) is 10.2 Å². The number of ketones is 1. The number of benzene rings is 1. The molecule has 0 saturated heterocycles. The van der Waals surface area contributed by atoms with Crippen LogP contribution >= 0.6 is 22.9 Å². The third-order valence-electron chi connectivity index (χ3n) is 3.30. The average molecular weight is 363 g/mol. The molecule has 0 saturated carbocycles. The molecule has 0 aliphatic heterocycles. The lowest BCUT2D eigenvalue weighted by molar-refractivity contribution is -0.141. The molecule has 2 heterocycles. The van der Waals surface area contributed by atoms with Crippen molar-refractivity contribution >= 4 is 45.5 Å². The fourth-order valence-corrected chi connectivity index (χ4v) is 3.14. The van der Waals surface area contributed by atoms with Gasteiger partial charge in [-0.3, -0.25) is 14.4 Å². The van der Waals surface area contributed by atoms with E-state index in [0.29, 0.717) is 25.7 Å². The molecular formula is C16H11ClN2O4S. The molecule has 0 unspecified atom stereocenters. The van der Waals surface area contributed by atoms with Crippen LogP contribution in [0.15, 0.2) is 41.2 Å². The molecule has 8 heteroatoms. The fourth-order valence-electron chi connectivity index (χ4n) is 2.18. The summed E-state index contributed by atoms with van der Waals surface area (Å²) in [7, 11) is 0. The lowest BCUT2D eigenvalue weighted by Crippen LogP contribution is -2.18. The number of aromatic amines is 1. The molecule has 0 aliphatic carbocycles. The van der Waals surface area contributed by atoms with Crippen LogP contribution in [0.5, 0.6) is 0 Å². The number of ether oxygens (including phenoxy) is 1. The molecule has 0 fully saturated rings. The van der Waals surface area contributed by atoms with Gasteiger partial charge in [0, 0.05) is 5.39 Å². The highest BCUT2D eigenvalue weighted by Crippen LogP contribution is 2.21. The molecule has 0 radical (unpaired) electrons. The Bertz CT molecular complexity index is 979. The van der Waals surface area contributed by atoms with Crippen molar-refractivity contribution < 1.29 is 14.3 Å². The van der Waals surface area contributed by atoms with E-state index >= 15 is 0 Å². The average Bonchev–Trinajstić information content (AvgIpc) is 3.02. The number of rotatable bonds is 5. The highest BCUT2D eigenvalue weighted by Gasteiger charge is 2.15. The summed E-state index contributed by atoms with van der Waals surface area (Å²) in [4.78, 5) is 36.0. The van der Waals surface area contributed by atoms with Crippen molar-refractivity contribution in [3.8, 4) is 0 Å². The van der Waals surface area contributed by atoms with Crippen LogP contribution in [0, 0.1) is 0 Å². The van der Waals surface area contributed by atoms with Gasteiger partial charge in [0.1, 0.15) is 0 Å². The summed E-state index contributed by atoms with van der Waals surface area (Å²) in [6.45, 7) is -0.364. The summed E-state index contributed by atoms with van der Waals surface area (Å²) in [6, 6.07) is 10.0. The zero-order valence-corrected chi connectivity index (χ0v) is 13.8. The van der Waals surface area contributed by atoms with Crippen LogP contribution < -0.4 is 5.56 Å². The number of carbonyl (C=O) groups excluding carboxylic acids is 2. The molecule has 3 rings (SSSR count). The maximum absolute atomic E-state index is 12.0. The van der Waals surface area contributed by atoms with Crippen LogP contribution in [0.2, 0.25) is 4.34 Å². The number of aromatic nitrogens is 2. The van der Waals surface area contributed by atoms with E-state index in [1.807, 2.05) is 0 Å². The van der Waals surface area contributed by atoms with Crippen molar-refractivity contribution in [2.75, 3.05) is 6.61 Å². The van der Waals surface area contributed by atoms with Crippen LogP contribution in [0.25, 0.3) is 10.8 Å². The molecule has 3 aromatic rings. The molecular weight excluding hydrogens is 352 g/mol. The van der Waals surface area contributed by atoms with Crippen LogP contribution in [0.3, 0.4) is 0 Å². The molecule has 0 amide bonds. The van der Waals surface area contributed by atoms with Gasteiger partial charge >= 0.3 is 5.97 Å². The summed E-state index contributed by atoms with van der Waals surface area (Å²) in [5, 5.41) is 7.27. The van der Waals surface area contributed by atoms with E-state index in [4.69, 9.17) is 16.3 Å². The van der Waals surface area contributed by atoms with Gasteiger partial charge in [-0.25, -0.2) is 5.10 Å². The second kappa shape index (κ2) is 6.94. The molecule has 0 spiro atoms. The molecule has 1 aromatic carbocycles. The van der Waals surface area contributed by atoms with Gasteiger partial charge in [-0.15, -0.1) is 11.3 Å². The Morgan fingerprint density at radius 2 is 1.92 bits per heavy atom. The SMILES string of the molecule is O=C(Cc1n[nH]c(=O)c2ccccc12)OCC(=O)c1ccc(Cl)s1. The third kappa shape index (κ3) is 3.52. The maximum Gasteiger partial charge on any atom is 0.312 e. The first-order valence-electron chi connectivity index (χ1n) is 6.95. The number of esters is 1. The van der Waals surface area contributed by atoms with Gasteiger partial charge in [0.15, 0.2) is 6.61 Å². The van der Waals surface area contributed by atoms with Crippen molar-refractivity contribution in [2.24, 2.45) is 0 Å². The molecule has 1 N–H and O–H groups in total. The summed E-state index contributed by atoms with van der Waals surface area (Å²) in [5.41, 5.74) is 0.0642. The molecule has 6 nitrogen and oxygen atoms in total. The second-order valence-electron chi connectivity index (χ2n) is 4.91. The fraction of sp³-hybridized carbons (Fsp3) is 0.125. The summed E-state index contributed by atoms with van der Waals surface area (Å²) >= 11 is 6.89. The predicted octanol–water partition coefficient (Wildman–Crippen LogP) is 2.61. The standard InChI is InChI=1S/C16H11ClN2O4S/c17-14-6-5-13(24-14)12(20)8-23-15(21)7-11-9-3-1-2-4-10(9)16(22)19-18-11/h1-6H,7-8H2,(H,19,22).